The highest BCUT2D eigenvalue weighted by Gasteiger charge is 1.90. The van der Waals surface area contributed by atoms with Gasteiger partial charge in [-0.15, -0.1) is 0 Å². The Balaban J connectivity index is 3.96. The highest BCUT2D eigenvalue weighted by Crippen LogP contribution is 1.61. The van der Waals surface area contributed by atoms with Crippen LogP contribution in [-0.4, -0.2) is 30.4 Å². The maximum Gasteiger partial charge on any atom is 0.359 e. The molecule has 0 atom stereocenters. The molecular formula is C7H17N4+. The molecule has 64 valence electrons. The van der Waals surface area contributed by atoms with E-state index in [4.69, 9.17) is 0 Å². The lowest BCUT2D eigenvalue weighted by Gasteiger charge is -2.01. The lowest BCUT2D eigenvalue weighted by atomic mass is 10.8. The molecule has 0 rings (SSSR count). The zero-order valence-corrected chi connectivity index (χ0v) is 7.52. The summed E-state index contributed by atoms with van der Waals surface area (Å²) in [4.78, 5) is 5.62. The molecule has 11 heavy (non-hydrogen) atoms. The van der Waals surface area contributed by atoms with Crippen LogP contribution in [0.5, 0.6) is 0 Å². The molecule has 0 aromatic carbocycles. The molecule has 0 aliphatic carbocycles. The fourth-order valence-corrected chi connectivity index (χ4v) is 0.584. The van der Waals surface area contributed by atoms with Crippen molar-refractivity contribution in [3.8, 4) is 0 Å². The van der Waals surface area contributed by atoms with Crippen LogP contribution in [0, 0.1) is 0 Å². The number of aliphatic imine (C=N–C) groups is 1. The molecule has 0 aromatic heterocycles. The van der Waals surface area contributed by atoms with E-state index in [-0.39, 0.29) is 0 Å². The fourth-order valence-electron chi connectivity index (χ4n) is 0.584. The average Bonchev–Trinajstić information content (AvgIpc) is 2.01. The Hall–Kier alpha value is -1.02. The third-order valence-corrected chi connectivity index (χ3v) is 0.961. The minimum absolute atomic E-state index is 0.757. The molecule has 0 unspecified atom stereocenters. The third-order valence-electron chi connectivity index (χ3n) is 0.961. The summed E-state index contributed by atoms with van der Waals surface area (Å²) in [6, 6.07) is 2.81. The van der Waals surface area contributed by atoms with Gasteiger partial charge in [0.2, 0.25) is 0 Å². The van der Waals surface area contributed by atoms with Gasteiger partial charge in [-0.05, 0) is 30.6 Å². The minimum Gasteiger partial charge on any atom is -0.230 e. The summed E-state index contributed by atoms with van der Waals surface area (Å²) in [5.41, 5.74) is 6.07. The largest absolute Gasteiger partial charge is 0.359 e. The second kappa shape index (κ2) is 7.09. The topological polar surface area (TPSA) is 39.4 Å². The first-order valence-corrected chi connectivity index (χ1v) is 4.04. The van der Waals surface area contributed by atoms with Gasteiger partial charge in [-0.25, -0.2) is 10.9 Å². The summed E-state index contributed by atoms with van der Waals surface area (Å²) in [7, 11) is 0. The van der Waals surface area contributed by atoms with Crippen LogP contribution in [0.15, 0.2) is 4.99 Å². The maximum atomic E-state index is 3.96. The lowest BCUT2D eigenvalue weighted by Crippen LogP contribution is -2.39. The molecule has 0 amide bonds. The molecule has 0 spiro atoms. The summed E-state index contributed by atoms with van der Waals surface area (Å²) in [6.07, 6.45) is 0. The number of nitrogens with zero attached hydrogens (tertiary/aromatic N) is 2. The Morgan fingerprint density at radius 1 is 1.18 bits per heavy atom. The molecule has 0 aliphatic rings. The van der Waals surface area contributed by atoms with Crippen LogP contribution in [0.4, 0.5) is 0 Å². The van der Waals surface area contributed by atoms with E-state index < -0.39 is 0 Å². The molecule has 0 aromatic rings. The Labute approximate surface area is 68.0 Å². The van der Waals surface area contributed by atoms with Crippen molar-refractivity contribution in [1.29, 1.82) is 0 Å². The number of hydrazine groups is 2. The van der Waals surface area contributed by atoms with Crippen LogP contribution >= 0.6 is 0 Å². The zero-order chi connectivity index (χ0) is 8.53. The normalized spacial score (nSPS) is 8.27. The molecule has 0 bridgehead atoms. The number of nitrogens with one attached hydrogen (secondary N) is 2. The number of hydrogen-bond acceptors (Lipinski definition) is 3. The first kappa shape index (κ1) is 9.98. The zero-order valence-electron chi connectivity index (χ0n) is 7.52. The quantitative estimate of drug-likeness (QED) is 0.341. The van der Waals surface area contributed by atoms with Gasteiger partial charge in [0, 0.05) is 0 Å². The summed E-state index contributed by atoms with van der Waals surface area (Å²) >= 11 is 0. The molecule has 2 N–H and O–H groups in total. The lowest BCUT2D eigenvalue weighted by molar-refractivity contribution is -0.636. The van der Waals surface area contributed by atoms with E-state index in [1.807, 2.05) is 20.8 Å². The Morgan fingerprint density at radius 3 is 2.09 bits per heavy atom. The van der Waals surface area contributed by atoms with Gasteiger partial charge in [0.25, 0.3) is 0 Å². The molecule has 0 fully saturated rings. The SMILES string of the molecule is CCN=C=[N+](NCC)NCC. The van der Waals surface area contributed by atoms with Crippen molar-refractivity contribution < 1.29 is 4.79 Å². The van der Waals surface area contributed by atoms with E-state index >= 15 is 0 Å². The molecule has 4 heteroatoms. The van der Waals surface area contributed by atoms with Gasteiger partial charge in [-0.2, -0.15) is 0 Å². The van der Waals surface area contributed by atoms with E-state index in [9.17, 15) is 0 Å². The Kier molecular flexibility index (Phi) is 6.43. The van der Waals surface area contributed by atoms with Crippen molar-refractivity contribution in [3.05, 3.63) is 0 Å². The van der Waals surface area contributed by atoms with E-state index in [1.165, 1.54) is 0 Å². The van der Waals surface area contributed by atoms with Crippen LogP contribution in [0.25, 0.3) is 0 Å². The van der Waals surface area contributed by atoms with E-state index in [0.29, 0.717) is 0 Å². The first-order chi connectivity index (χ1) is 5.35. The molecule has 4 nitrogen and oxygen atoms in total. The average molecular weight is 157 g/mol. The van der Waals surface area contributed by atoms with Gasteiger partial charge < -0.3 is 0 Å². The van der Waals surface area contributed by atoms with E-state index in [1.54, 1.807) is 4.79 Å². The van der Waals surface area contributed by atoms with Crippen LogP contribution < -0.4 is 10.9 Å². The van der Waals surface area contributed by atoms with Crippen molar-refractivity contribution in [2.75, 3.05) is 19.6 Å². The van der Waals surface area contributed by atoms with Gasteiger partial charge in [-0.1, -0.05) is 0 Å². The van der Waals surface area contributed by atoms with Crippen molar-refractivity contribution in [3.63, 3.8) is 0 Å². The molecule has 0 heterocycles. The standard InChI is InChI=1S/C7H17N4/c1-4-8-7-11(9-5-2)10-6-3/h9-10H,4-6H2,1-3H3/q+1. The molecule has 0 saturated heterocycles. The van der Waals surface area contributed by atoms with Crippen LogP contribution in [0.1, 0.15) is 20.8 Å². The van der Waals surface area contributed by atoms with Gasteiger partial charge in [0.05, 0.1) is 13.1 Å². The minimum atomic E-state index is 0.757. The van der Waals surface area contributed by atoms with Crippen LogP contribution in [-0.2, 0) is 0 Å². The highest BCUT2D eigenvalue weighted by atomic mass is 15.7. The van der Waals surface area contributed by atoms with Crippen molar-refractivity contribution in [2.24, 2.45) is 4.99 Å². The maximum absolute atomic E-state index is 3.96. The van der Waals surface area contributed by atoms with E-state index in [2.05, 4.69) is 21.9 Å². The van der Waals surface area contributed by atoms with Crippen molar-refractivity contribution >= 4 is 6.01 Å². The summed E-state index contributed by atoms with van der Waals surface area (Å²) in [5.74, 6) is 0. The molecule has 0 saturated carbocycles. The van der Waals surface area contributed by atoms with Gasteiger partial charge in [0.15, 0.2) is 0 Å². The Morgan fingerprint density at radius 2 is 1.73 bits per heavy atom. The molecular weight excluding hydrogens is 140 g/mol. The number of hydrogen-bond donors (Lipinski definition) is 2. The third kappa shape index (κ3) is 5.43. The van der Waals surface area contributed by atoms with Crippen LogP contribution in [0.2, 0.25) is 0 Å². The second-order valence-corrected chi connectivity index (χ2v) is 1.93. The van der Waals surface area contributed by atoms with Crippen molar-refractivity contribution in [1.82, 2.24) is 10.9 Å². The second-order valence-electron chi connectivity index (χ2n) is 1.93. The predicted octanol–water partition coefficient (Wildman–Crippen LogP) is 0.242. The monoisotopic (exact) mass is 157 g/mol. The van der Waals surface area contributed by atoms with Gasteiger partial charge >= 0.3 is 6.01 Å². The number of hydrazone groups is 2. The van der Waals surface area contributed by atoms with Crippen LogP contribution in [0.3, 0.4) is 0 Å². The highest BCUT2D eigenvalue weighted by molar-refractivity contribution is 5.33. The summed E-state index contributed by atoms with van der Waals surface area (Å²) < 4.78 is 0. The number of rotatable bonds is 5. The van der Waals surface area contributed by atoms with Crippen molar-refractivity contribution in [2.45, 2.75) is 20.8 Å². The summed E-state index contributed by atoms with van der Waals surface area (Å²) in [6.45, 7) is 8.50. The Bertz CT molecular complexity index is 139. The molecule has 0 aliphatic heterocycles. The van der Waals surface area contributed by atoms with Gasteiger partial charge in [-0.3, -0.25) is 0 Å². The predicted molar refractivity (Wildman–Crippen MR) is 45.6 cm³/mol. The fraction of sp³-hybridized carbons (Fsp3) is 0.857. The first-order valence-electron chi connectivity index (χ1n) is 4.04. The van der Waals surface area contributed by atoms with Gasteiger partial charge in [0.1, 0.15) is 6.54 Å². The smallest absolute Gasteiger partial charge is 0.230 e. The summed E-state index contributed by atoms with van der Waals surface area (Å²) in [5, 5.41) is 0. The molecule has 0 radical (unpaired) electrons. The van der Waals surface area contributed by atoms with E-state index in [0.717, 1.165) is 19.6 Å².